The van der Waals surface area contributed by atoms with E-state index >= 15 is 0 Å². The van der Waals surface area contributed by atoms with Gasteiger partial charge in [0.1, 0.15) is 23.0 Å². The summed E-state index contributed by atoms with van der Waals surface area (Å²) in [5.41, 5.74) is -20.7. The van der Waals surface area contributed by atoms with Crippen molar-refractivity contribution in [3.8, 4) is 0 Å². The molecule has 0 fully saturated rings. The van der Waals surface area contributed by atoms with Crippen LogP contribution in [0.1, 0.15) is 22.3 Å². The summed E-state index contributed by atoms with van der Waals surface area (Å²) in [5, 5.41) is 0. The number of hydrogen-bond acceptors (Lipinski definition) is 0. The highest BCUT2D eigenvalue weighted by atomic mass is 19.4. The number of fused-ring (bicyclic) bond motifs is 2. The third-order valence-electron chi connectivity index (χ3n) is 5.32. The second-order valence-electron chi connectivity index (χ2n) is 7.34. The zero-order valence-electron chi connectivity index (χ0n) is 15.6. The number of halogens is 20. The lowest BCUT2D eigenvalue weighted by Crippen LogP contribution is -2.65. The minimum atomic E-state index is -7.48. The van der Waals surface area contributed by atoms with Gasteiger partial charge in [0.25, 0.3) is 0 Å². The molecule has 20 heteroatoms. The highest BCUT2D eigenvalue weighted by Crippen LogP contribution is 2.68. The van der Waals surface area contributed by atoms with Crippen LogP contribution in [-0.2, 0) is 17.8 Å². The van der Waals surface area contributed by atoms with Crippen LogP contribution in [-0.4, -0.2) is 29.9 Å². The van der Waals surface area contributed by atoms with Crippen molar-refractivity contribution < 1.29 is 87.8 Å². The average Bonchev–Trinajstić information content (AvgIpc) is 2.64. The quantitative estimate of drug-likeness (QED) is 0.299. The fourth-order valence-corrected chi connectivity index (χ4v) is 3.54. The molecule has 0 saturated heterocycles. The first-order valence-corrected chi connectivity index (χ1v) is 8.28. The van der Waals surface area contributed by atoms with E-state index in [0.717, 1.165) is 0 Å². The molecule has 0 aromatic heterocycles. The summed E-state index contributed by atoms with van der Waals surface area (Å²) in [6.45, 7) is 0. The predicted molar refractivity (Wildman–Crippen MR) is 71.9 cm³/mol. The molecule has 204 valence electrons. The summed E-state index contributed by atoms with van der Waals surface area (Å²) in [6.07, 6.45) is -7.42. The van der Waals surface area contributed by atoms with Crippen LogP contribution in [0, 0.1) is 11.6 Å². The molecule has 0 spiro atoms. The maximum atomic E-state index is 14.6. The van der Waals surface area contributed by atoms with Crippen LogP contribution in [0.3, 0.4) is 0 Å². The van der Waals surface area contributed by atoms with Crippen LogP contribution in [0.25, 0.3) is 5.83 Å². The maximum absolute atomic E-state index is 14.6. The third kappa shape index (κ3) is 2.70. The fraction of sp³-hybridized carbons (Fsp3) is 0.500. The molecule has 0 heterocycles. The topological polar surface area (TPSA) is 0 Å². The Morgan fingerprint density at radius 3 is 1.17 bits per heavy atom. The highest BCUT2D eigenvalue weighted by molar-refractivity contribution is 5.76. The SMILES string of the molecule is FC1=C(C(F)(F)C(F)(F)F)C(F)(F)C(F)(F)c2c(F)c3c(c(F)c21)C(F)(F)C(F)(F)C(F)(F)C3(F)F. The van der Waals surface area contributed by atoms with Crippen molar-refractivity contribution in [1.29, 1.82) is 0 Å². The van der Waals surface area contributed by atoms with E-state index in [1.54, 1.807) is 0 Å². The van der Waals surface area contributed by atoms with Gasteiger partial charge in [-0.2, -0.15) is 74.6 Å². The second-order valence-corrected chi connectivity index (χ2v) is 7.34. The van der Waals surface area contributed by atoms with Gasteiger partial charge in [-0.1, -0.05) is 0 Å². The van der Waals surface area contributed by atoms with E-state index in [9.17, 15) is 87.8 Å². The zero-order chi connectivity index (χ0) is 28.6. The molecule has 1 aromatic carbocycles. The van der Waals surface area contributed by atoms with E-state index in [0.29, 0.717) is 0 Å². The van der Waals surface area contributed by atoms with Crippen LogP contribution in [0.2, 0.25) is 0 Å². The van der Waals surface area contributed by atoms with Gasteiger partial charge in [0, 0.05) is 0 Å². The van der Waals surface area contributed by atoms with Crippen molar-refractivity contribution in [3.05, 3.63) is 39.5 Å². The van der Waals surface area contributed by atoms with E-state index in [2.05, 4.69) is 0 Å². The standard InChI is InChI=1S/C16F20/c17-5-1-2(9(20,21)12(26,27)8(6(1)18)13(28,29)16(34,35)36)7(19)4-3(5)10(22,23)14(30,31)15(32,33)11(4,24)25. The van der Waals surface area contributed by atoms with Crippen molar-refractivity contribution >= 4 is 5.83 Å². The molecule has 0 saturated carbocycles. The molecule has 36 heavy (non-hydrogen) atoms. The Hall–Kier alpha value is -2.44. The Morgan fingerprint density at radius 1 is 0.444 bits per heavy atom. The Balaban J connectivity index is 2.70. The molecule has 0 atom stereocenters. The summed E-state index contributed by atoms with van der Waals surface area (Å²) in [4.78, 5) is 0. The predicted octanol–water partition coefficient (Wildman–Crippen LogP) is 8.05. The van der Waals surface area contributed by atoms with Gasteiger partial charge in [-0.15, -0.1) is 0 Å². The van der Waals surface area contributed by atoms with Crippen molar-refractivity contribution in [2.75, 3.05) is 0 Å². The third-order valence-corrected chi connectivity index (χ3v) is 5.32. The summed E-state index contributed by atoms with van der Waals surface area (Å²) >= 11 is 0. The van der Waals surface area contributed by atoms with E-state index in [-0.39, 0.29) is 0 Å². The fourth-order valence-electron chi connectivity index (χ4n) is 3.54. The van der Waals surface area contributed by atoms with Gasteiger partial charge in [-0.05, 0) is 0 Å². The maximum Gasteiger partial charge on any atom is 0.458 e. The van der Waals surface area contributed by atoms with Crippen molar-refractivity contribution in [3.63, 3.8) is 0 Å². The minimum absolute atomic E-state index is 3.75. The van der Waals surface area contributed by atoms with Crippen molar-refractivity contribution in [2.45, 2.75) is 47.6 Å². The molecule has 1 aromatic rings. The lowest BCUT2D eigenvalue weighted by atomic mass is 9.73. The van der Waals surface area contributed by atoms with Gasteiger partial charge in [0.05, 0.1) is 22.3 Å². The normalized spacial score (nSPS) is 25.3. The number of alkyl halides is 17. The molecule has 3 rings (SSSR count). The van der Waals surface area contributed by atoms with Crippen molar-refractivity contribution in [2.24, 2.45) is 0 Å². The van der Waals surface area contributed by atoms with Crippen LogP contribution in [0.15, 0.2) is 5.57 Å². The zero-order valence-corrected chi connectivity index (χ0v) is 15.6. The molecule has 0 unspecified atom stereocenters. The lowest BCUT2D eigenvalue weighted by Gasteiger charge is -2.44. The van der Waals surface area contributed by atoms with Gasteiger partial charge < -0.3 is 0 Å². The molecule has 0 radical (unpaired) electrons. The first-order valence-electron chi connectivity index (χ1n) is 8.28. The van der Waals surface area contributed by atoms with E-state index in [4.69, 9.17) is 0 Å². The van der Waals surface area contributed by atoms with Crippen LogP contribution in [0.4, 0.5) is 87.8 Å². The second kappa shape index (κ2) is 6.70. The van der Waals surface area contributed by atoms with E-state index < -0.39 is 92.9 Å². The largest absolute Gasteiger partial charge is 0.458 e. The Kier molecular flexibility index (Phi) is 5.24. The summed E-state index contributed by atoms with van der Waals surface area (Å²) in [5.74, 6) is -63.8. The minimum Gasteiger partial charge on any atom is -0.206 e. The molecule has 0 N–H and O–H groups in total. The van der Waals surface area contributed by atoms with Gasteiger partial charge in [-0.25, -0.2) is 13.2 Å². The van der Waals surface area contributed by atoms with E-state index in [1.165, 1.54) is 0 Å². The number of hydrogen-bond donors (Lipinski definition) is 0. The summed E-state index contributed by atoms with van der Waals surface area (Å²) < 4.78 is 275. The summed E-state index contributed by atoms with van der Waals surface area (Å²) in [6, 6.07) is 0. The molecule has 0 amide bonds. The van der Waals surface area contributed by atoms with E-state index in [1.807, 2.05) is 0 Å². The number of benzene rings is 1. The molecular formula is C16F20. The Morgan fingerprint density at radius 2 is 0.806 bits per heavy atom. The molecule has 0 aliphatic heterocycles. The van der Waals surface area contributed by atoms with Gasteiger partial charge in [0.2, 0.25) is 0 Å². The smallest absolute Gasteiger partial charge is 0.206 e. The van der Waals surface area contributed by atoms with Gasteiger partial charge in [-0.3, -0.25) is 0 Å². The van der Waals surface area contributed by atoms with Crippen LogP contribution >= 0.6 is 0 Å². The molecule has 2 aliphatic rings. The monoisotopic (exact) mass is 572 g/mol. The number of allylic oxidation sites excluding steroid dienone is 1. The molecule has 0 bridgehead atoms. The van der Waals surface area contributed by atoms with Crippen LogP contribution in [0.5, 0.6) is 0 Å². The molecule has 0 nitrogen and oxygen atoms in total. The number of rotatable bonds is 1. The Bertz CT molecular complexity index is 1180. The Labute approximate surface area is 182 Å². The first-order chi connectivity index (χ1) is 15.6. The van der Waals surface area contributed by atoms with Crippen molar-refractivity contribution in [1.82, 2.24) is 0 Å². The first kappa shape index (κ1) is 28.1. The molecular weight excluding hydrogens is 572 g/mol. The highest BCUT2D eigenvalue weighted by Gasteiger charge is 2.87. The van der Waals surface area contributed by atoms with Gasteiger partial charge in [0.15, 0.2) is 0 Å². The summed E-state index contributed by atoms with van der Waals surface area (Å²) in [7, 11) is 0. The lowest BCUT2D eigenvalue weighted by molar-refractivity contribution is -0.388. The molecule has 2 aliphatic carbocycles. The van der Waals surface area contributed by atoms with Gasteiger partial charge >= 0.3 is 47.6 Å². The van der Waals surface area contributed by atoms with Crippen LogP contribution < -0.4 is 0 Å². The average molecular weight is 572 g/mol.